The molecule has 7 nitrogen and oxygen atoms in total. The van der Waals surface area contributed by atoms with E-state index in [1.54, 1.807) is 0 Å². The van der Waals surface area contributed by atoms with E-state index in [1.165, 1.54) is 5.48 Å². The van der Waals surface area contributed by atoms with Gasteiger partial charge in [0.05, 0.1) is 0 Å². The third-order valence-corrected chi connectivity index (χ3v) is 0.414. The molecule has 0 radical (unpaired) electrons. The highest BCUT2D eigenvalue weighted by molar-refractivity contribution is 6.25. The van der Waals surface area contributed by atoms with Gasteiger partial charge in [-0.2, -0.15) is 5.48 Å². The summed E-state index contributed by atoms with van der Waals surface area (Å²) >= 11 is 0. The average Bonchev–Trinajstić information content (AvgIpc) is 1.85. The lowest BCUT2D eigenvalue weighted by molar-refractivity contribution is -0.123. The molecule has 1 amide bonds. The second-order valence-electron chi connectivity index (χ2n) is 1.08. The predicted molar refractivity (Wildman–Crippen MR) is 27.5 cm³/mol. The monoisotopic (exact) mass is 148 g/mol. The maximum absolute atomic E-state index is 10.1. The van der Waals surface area contributed by atoms with Crippen LogP contribution in [0.25, 0.3) is 0 Å². The summed E-state index contributed by atoms with van der Waals surface area (Å²) in [7, 11) is 0. The number of hydrogen-bond donors (Lipinski definition) is 3. The van der Waals surface area contributed by atoms with E-state index in [1.807, 2.05) is 0 Å². The van der Waals surface area contributed by atoms with Crippen LogP contribution in [-0.2, 0) is 9.63 Å². The molecule has 0 aliphatic rings. The zero-order valence-corrected chi connectivity index (χ0v) is 4.64. The second kappa shape index (κ2) is 4.13. The number of hydroxylamine groups is 1. The first-order valence-corrected chi connectivity index (χ1v) is 2.04. The highest BCUT2D eigenvalue weighted by Crippen LogP contribution is 1.67. The molecule has 0 saturated carbocycles. The Bertz CT molecular complexity index is 164. The number of nitrogens with zero attached hydrogens (tertiary/aromatic N) is 1. The summed E-state index contributed by atoms with van der Waals surface area (Å²) in [5.41, 5.74) is 1.44. The van der Waals surface area contributed by atoms with E-state index in [0.29, 0.717) is 6.21 Å². The number of oxime groups is 1. The summed E-state index contributed by atoms with van der Waals surface area (Å²) in [6, 6.07) is 0. The van der Waals surface area contributed by atoms with Crippen LogP contribution in [0.15, 0.2) is 5.16 Å². The summed E-state index contributed by atoms with van der Waals surface area (Å²) in [6.07, 6.45) is -1.21. The van der Waals surface area contributed by atoms with Gasteiger partial charge in [-0.25, -0.2) is 4.79 Å². The van der Waals surface area contributed by atoms with Crippen molar-refractivity contribution in [2.75, 3.05) is 0 Å². The van der Waals surface area contributed by atoms with Crippen molar-refractivity contribution in [3.05, 3.63) is 0 Å². The number of carbonyl (C=O) groups excluding carboxylic acids is 1. The molecule has 3 N–H and O–H groups in total. The Balaban J connectivity index is 3.50. The average molecular weight is 148 g/mol. The van der Waals surface area contributed by atoms with Gasteiger partial charge in [-0.3, -0.25) is 4.79 Å². The molecule has 0 unspecified atom stereocenters. The van der Waals surface area contributed by atoms with Crippen LogP contribution in [0.5, 0.6) is 0 Å². The maximum atomic E-state index is 10.1. The minimum atomic E-state index is -1.65. The standard InChI is InChI=1S/C3H4N2O5/c6-2(1-4-9)5-10-3(7)8/h1,9H,(H,5,6)(H,7,8). The van der Waals surface area contributed by atoms with E-state index in [-0.39, 0.29) is 0 Å². The Morgan fingerprint density at radius 2 is 2.20 bits per heavy atom. The molecular formula is C3H4N2O5. The summed E-state index contributed by atoms with van der Waals surface area (Å²) in [5, 5.41) is 17.8. The van der Waals surface area contributed by atoms with E-state index in [0.717, 1.165) is 0 Å². The van der Waals surface area contributed by atoms with Crippen LogP contribution in [0, 0.1) is 0 Å². The summed E-state index contributed by atoms with van der Waals surface area (Å²) in [5.74, 6) is -0.968. The van der Waals surface area contributed by atoms with Crippen molar-refractivity contribution in [1.29, 1.82) is 0 Å². The van der Waals surface area contributed by atoms with Crippen molar-refractivity contribution in [2.24, 2.45) is 5.16 Å². The molecule has 0 aromatic heterocycles. The van der Waals surface area contributed by atoms with E-state index >= 15 is 0 Å². The van der Waals surface area contributed by atoms with Crippen molar-refractivity contribution >= 4 is 18.3 Å². The van der Waals surface area contributed by atoms with Crippen LogP contribution in [0.3, 0.4) is 0 Å². The molecule has 0 aliphatic carbocycles. The van der Waals surface area contributed by atoms with Crippen molar-refractivity contribution in [2.45, 2.75) is 0 Å². The minimum absolute atomic E-state index is 0.447. The third kappa shape index (κ3) is 4.37. The van der Waals surface area contributed by atoms with E-state index in [2.05, 4.69) is 9.99 Å². The van der Waals surface area contributed by atoms with Gasteiger partial charge in [0.1, 0.15) is 6.21 Å². The lowest BCUT2D eigenvalue weighted by Gasteiger charge is -1.94. The van der Waals surface area contributed by atoms with E-state index < -0.39 is 12.1 Å². The number of carboxylic acid groups (broad SMARTS) is 1. The van der Waals surface area contributed by atoms with Gasteiger partial charge in [-0.05, 0) is 0 Å². The summed E-state index contributed by atoms with van der Waals surface area (Å²) in [6.45, 7) is 0. The van der Waals surface area contributed by atoms with Crippen LogP contribution in [0.4, 0.5) is 4.79 Å². The predicted octanol–water partition coefficient (Wildman–Crippen LogP) is -0.828. The summed E-state index contributed by atoms with van der Waals surface area (Å²) in [4.78, 5) is 23.3. The zero-order chi connectivity index (χ0) is 7.98. The molecular weight excluding hydrogens is 144 g/mol. The van der Waals surface area contributed by atoms with Crippen LogP contribution in [0.1, 0.15) is 0 Å². The number of rotatable bonds is 1. The van der Waals surface area contributed by atoms with Crippen molar-refractivity contribution in [3.63, 3.8) is 0 Å². The molecule has 56 valence electrons. The maximum Gasteiger partial charge on any atom is 0.530 e. The van der Waals surface area contributed by atoms with Crippen molar-refractivity contribution < 1.29 is 24.7 Å². The lowest BCUT2D eigenvalue weighted by Crippen LogP contribution is -2.26. The Hall–Kier alpha value is -1.79. The fourth-order valence-electron chi connectivity index (χ4n) is 0.173. The van der Waals surface area contributed by atoms with Crippen LogP contribution >= 0.6 is 0 Å². The highest BCUT2D eigenvalue weighted by Gasteiger charge is 1.99. The molecule has 0 atom stereocenters. The molecule has 0 heterocycles. The number of hydrogen-bond acceptors (Lipinski definition) is 5. The van der Waals surface area contributed by atoms with Gasteiger partial charge in [-0.15, -0.1) is 0 Å². The lowest BCUT2D eigenvalue weighted by atomic mass is 10.7. The normalized spacial score (nSPS) is 9.20. The van der Waals surface area contributed by atoms with Gasteiger partial charge < -0.3 is 15.2 Å². The highest BCUT2D eigenvalue weighted by atomic mass is 16.8. The first-order chi connectivity index (χ1) is 4.66. The smallest absolute Gasteiger partial charge is 0.448 e. The topological polar surface area (TPSA) is 108 Å². The molecule has 0 aromatic rings. The van der Waals surface area contributed by atoms with Crippen LogP contribution in [0.2, 0.25) is 0 Å². The molecule has 0 aromatic carbocycles. The summed E-state index contributed by atoms with van der Waals surface area (Å²) < 4.78 is 0. The molecule has 0 rings (SSSR count). The van der Waals surface area contributed by atoms with Gasteiger partial charge in [0, 0.05) is 0 Å². The molecule has 0 fully saturated rings. The van der Waals surface area contributed by atoms with Crippen molar-refractivity contribution in [3.8, 4) is 0 Å². The van der Waals surface area contributed by atoms with Gasteiger partial charge >= 0.3 is 6.16 Å². The van der Waals surface area contributed by atoms with Crippen LogP contribution < -0.4 is 5.48 Å². The van der Waals surface area contributed by atoms with E-state index in [4.69, 9.17) is 10.3 Å². The first kappa shape index (κ1) is 8.21. The van der Waals surface area contributed by atoms with E-state index in [9.17, 15) is 9.59 Å². The fraction of sp³-hybridized carbons (Fsp3) is 0. The third-order valence-electron chi connectivity index (χ3n) is 0.414. The Morgan fingerprint density at radius 3 is 2.60 bits per heavy atom. The van der Waals surface area contributed by atoms with Crippen molar-refractivity contribution in [1.82, 2.24) is 5.48 Å². The largest absolute Gasteiger partial charge is 0.530 e. The van der Waals surface area contributed by atoms with Gasteiger partial charge in [0.25, 0.3) is 5.91 Å². The number of amides is 1. The van der Waals surface area contributed by atoms with Crippen LogP contribution in [-0.4, -0.2) is 28.6 Å². The minimum Gasteiger partial charge on any atom is -0.448 e. The molecule has 0 aliphatic heterocycles. The molecule has 7 heteroatoms. The Morgan fingerprint density at radius 1 is 1.60 bits per heavy atom. The molecule has 10 heavy (non-hydrogen) atoms. The fourth-order valence-corrected chi connectivity index (χ4v) is 0.173. The molecule has 0 saturated heterocycles. The Labute approximate surface area is 54.8 Å². The number of carbonyl (C=O) groups is 2. The Kier molecular flexibility index (Phi) is 3.39. The zero-order valence-electron chi connectivity index (χ0n) is 4.64. The quantitative estimate of drug-likeness (QED) is 0.255. The van der Waals surface area contributed by atoms with Gasteiger partial charge in [0.15, 0.2) is 0 Å². The van der Waals surface area contributed by atoms with Gasteiger partial charge in [0.2, 0.25) is 0 Å². The SMILES string of the molecule is O=C(C=NO)NOC(=O)O. The number of nitrogens with one attached hydrogen (secondary N) is 1. The second-order valence-corrected chi connectivity index (χ2v) is 1.08. The molecule has 0 bridgehead atoms. The first-order valence-electron chi connectivity index (χ1n) is 2.04. The van der Waals surface area contributed by atoms with Gasteiger partial charge in [-0.1, -0.05) is 5.16 Å². The molecule has 0 spiro atoms.